The molecular weight excluding hydrogens is 403 g/mol. The number of ether oxygens (including phenoxy) is 4. The van der Waals surface area contributed by atoms with E-state index < -0.39 is 17.6 Å². The van der Waals surface area contributed by atoms with Gasteiger partial charge in [0, 0.05) is 12.2 Å². The van der Waals surface area contributed by atoms with Crippen LogP contribution >= 0.6 is 0 Å². The van der Waals surface area contributed by atoms with Crippen LogP contribution in [0.25, 0.3) is 0 Å². The molecule has 3 rings (SSSR count). The van der Waals surface area contributed by atoms with Crippen molar-refractivity contribution < 1.29 is 36.9 Å². The van der Waals surface area contributed by atoms with E-state index in [9.17, 15) is 18.0 Å². The molecule has 1 aliphatic rings. The molecule has 1 aliphatic heterocycles. The highest BCUT2D eigenvalue weighted by molar-refractivity contribution is 6.05. The van der Waals surface area contributed by atoms with Crippen molar-refractivity contribution in [2.75, 3.05) is 32.8 Å². The molecule has 1 amide bonds. The number of nitrogens with one attached hydrogen (secondary N) is 1. The molecule has 0 bridgehead atoms. The fourth-order valence-electron chi connectivity index (χ4n) is 3.06. The van der Waals surface area contributed by atoms with Gasteiger partial charge in [0.25, 0.3) is 5.91 Å². The largest absolute Gasteiger partial charge is 0.493 e. The fraction of sp³-hybridized carbons (Fsp3) is 0.381. The highest BCUT2D eigenvalue weighted by Gasteiger charge is 2.31. The highest BCUT2D eigenvalue weighted by Crippen LogP contribution is 2.36. The molecule has 1 saturated heterocycles. The fourth-order valence-corrected chi connectivity index (χ4v) is 3.06. The molecule has 0 unspecified atom stereocenters. The van der Waals surface area contributed by atoms with E-state index in [1.165, 1.54) is 38.5 Å². The van der Waals surface area contributed by atoms with Crippen molar-refractivity contribution in [3.8, 4) is 17.2 Å². The van der Waals surface area contributed by atoms with Gasteiger partial charge in [0.05, 0.1) is 31.6 Å². The molecule has 0 saturated carbocycles. The second kappa shape index (κ2) is 9.25. The summed E-state index contributed by atoms with van der Waals surface area (Å²) in [5.41, 5.74) is -0.785. The van der Waals surface area contributed by atoms with Gasteiger partial charge in [-0.25, -0.2) is 0 Å². The number of rotatable bonds is 7. The zero-order chi connectivity index (χ0) is 21.7. The normalized spacial score (nSPS) is 16.2. The van der Waals surface area contributed by atoms with E-state index in [-0.39, 0.29) is 29.7 Å². The lowest BCUT2D eigenvalue weighted by molar-refractivity contribution is -0.137. The Morgan fingerprint density at radius 1 is 1.10 bits per heavy atom. The first kappa shape index (κ1) is 21.8. The summed E-state index contributed by atoms with van der Waals surface area (Å²) in [4.78, 5) is 12.7. The summed E-state index contributed by atoms with van der Waals surface area (Å²) in [6.45, 7) is 0.814. The van der Waals surface area contributed by atoms with Crippen molar-refractivity contribution in [3.63, 3.8) is 0 Å². The molecule has 0 spiro atoms. The first-order chi connectivity index (χ1) is 14.3. The Hall–Kier alpha value is -2.94. The van der Waals surface area contributed by atoms with Crippen LogP contribution in [0.15, 0.2) is 36.4 Å². The molecule has 0 radical (unpaired) electrons. The van der Waals surface area contributed by atoms with Crippen LogP contribution in [0.2, 0.25) is 0 Å². The van der Waals surface area contributed by atoms with Crippen LogP contribution in [0.4, 0.5) is 18.9 Å². The van der Waals surface area contributed by atoms with Crippen LogP contribution in [-0.4, -0.2) is 39.4 Å². The smallest absolute Gasteiger partial charge is 0.416 e. The minimum atomic E-state index is -4.56. The van der Waals surface area contributed by atoms with Crippen molar-refractivity contribution in [1.82, 2.24) is 0 Å². The maximum absolute atomic E-state index is 13.2. The number of hydrogen-bond acceptors (Lipinski definition) is 5. The van der Waals surface area contributed by atoms with E-state index in [2.05, 4.69) is 5.32 Å². The molecule has 1 fully saturated rings. The Balaban J connectivity index is 1.84. The molecule has 0 aromatic heterocycles. The summed E-state index contributed by atoms with van der Waals surface area (Å²) in [5, 5.41) is 2.50. The topological polar surface area (TPSA) is 66.0 Å². The van der Waals surface area contributed by atoms with Crippen LogP contribution in [0, 0.1) is 0 Å². The number of halogens is 3. The average Bonchev–Trinajstić information content (AvgIpc) is 3.25. The van der Waals surface area contributed by atoms with Crippen LogP contribution in [0.1, 0.15) is 28.8 Å². The first-order valence-electron chi connectivity index (χ1n) is 9.31. The first-order valence-corrected chi connectivity index (χ1v) is 9.31. The lowest BCUT2D eigenvalue weighted by Gasteiger charge is -2.17. The summed E-state index contributed by atoms with van der Waals surface area (Å²) in [6.07, 6.45) is -2.96. The van der Waals surface area contributed by atoms with Gasteiger partial charge in [0.15, 0.2) is 11.5 Å². The number of hydrogen-bond donors (Lipinski definition) is 1. The Labute approximate surface area is 171 Å². The van der Waals surface area contributed by atoms with Gasteiger partial charge in [-0.1, -0.05) is 0 Å². The predicted octanol–water partition coefficient (Wildman–Crippen LogP) is 4.53. The van der Waals surface area contributed by atoms with Gasteiger partial charge >= 0.3 is 6.18 Å². The number of carbonyl (C=O) groups excluding carboxylic acids is 1. The summed E-state index contributed by atoms with van der Waals surface area (Å²) in [6, 6.07) is 7.42. The maximum Gasteiger partial charge on any atom is 0.416 e. The Morgan fingerprint density at radius 2 is 1.83 bits per heavy atom. The third-order valence-electron chi connectivity index (χ3n) is 4.65. The third-order valence-corrected chi connectivity index (χ3v) is 4.65. The van der Waals surface area contributed by atoms with Gasteiger partial charge in [-0.3, -0.25) is 4.79 Å². The molecule has 1 N–H and O–H groups in total. The average molecular weight is 425 g/mol. The number of amides is 1. The van der Waals surface area contributed by atoms with Crippen LogP contribution in [0.5, 0.6) is 17.2 Å². The zero-order valence-electron chi connectivity index (χ0n) is 16.5. The molecule has 6 nitrogen and oxygen atoms in total. The monoisotopic (exact) mass is 425 g/mol. The van der Waals surface area contributed by atoms with E-state index in [0.717, 1.165) is 25.0 Å². The van der Waals surface area contributed by atoms with Gasteiger partial charge in [-0.2, -0.15) is 13.2 Å². The highest BCUT2D eigenvalue weighted by atomic mass is 19.4. The minimum Gasteiger partial charge on any atom is -0.493 e. The lowest BCUT2D eigenvalue weighted by atomic mass is 10.1. The minimum absolute atomic E-state index is 0.0809. The zero-order valence-corrected chi connectivity index (χ0v) is 16.5. The SMILES string of the molecule is COc1ccc(C(=O)Nc2cc(C(F)(F)F)ccc2OC[C@@H]2CCCO2)cc1OC. The van der Waals surface area contributed by atoms with E-state index in [1.807, 2.05) is 0 Å². The van der Waals surface area contributed by atoms with Crippen LogP contribution in [-0.2, 0) is 10.9 Å². The number of benzene rings is 2. The van der Waals surface area contributed by atoms with E-state index in [1.54, 1.807) is 0 Å². The van der Waals surface area contributed by atoms with Gasteiger partial charge < -0.3 is 24.3 Å². The molecule has 30 heavy (non-hydrogen) atoms. The number of methoxy groups -OCH3 is 2. The number of anilines is 1. The predicted molar refractivity (Wildman–Crippen MR) is 103 cm³/mol. The molecule has 2 aromatic carbocycles. The van der Waals surface area contributed by atoms with E-state index in [4.69, 9.17) is 18.9 Å². The molecule has 1 heterocycles. The van der Waals surface area contributed by atoms with Gasteiger partial charge in [0.2, 0.25) is 0 Å². The molecule has 2 aromatic rings. The third kappa shape index (κ3) is 5.15. The van der Waals surface area contributed by atoms with Crippen molar-refractivity contribution in [2.45, 2.75) is 25.1 Å². The second-order valence-corrected chi connectivity index (χ2v) is 6.68. The summed E-state index contributed by atoms with van der Waals surface area (Å²) >= 11 is 0. The Kier molecular flexibility index (Phi) is 6.71. The number of carbonyl (C=O) groups is 1. The Morgan fingerprint density at radius 3 is 2.47 bits per heavy atom. The van der Waals surface area contributed by atoms with Crippen molar-refractivity contribution in [3.05, 3.63) is 47.5 Å². The summed E-state index contributed by atoms with van der Waals surface area (Å²) in [7, 11) is 2.88. The summed E-state index contributed by atoms with van der Waals surface area (Å²) in [5.74, 6) is 0.266. The quantitative estimate of drug-likeness (QED) is 0.706. The van der Waals surface area contributed by atoms with E-state index >= 15 is 0 Å². The van der Waals surface area contributed by atoms with Gasteiger partial charge in [-0.15, -0.1) is 0 Å². The lowest BCUT2D eigenvalue weighted by Crippen LogP contribution is -2.19. The molecule has 162 valence electrons. The standard InChI is InChI=1S/C21H22F3NO5/c1-27-18-7-5-13(10-19(18)28-2)20(26)25-16-11-14(21(22,23)24)6-8-17(16)30-12-15-4-3-9-29-15/h5-8,10-11,15H,3-4,9,12H2,1-2H3,(H,25,26)/t15-/m0/s1. The van der Waals surface area contributed by atoms with Crippen molar-refractivity contribution >= 4 is 11.6 Å². The molecular formula is C21H22F3NO5. The van der Waals surface area contributed by atoms with Crippen LogP contribution < -0.4 is 19.5 Å². The number of alkyl halides is 3. The second-order valence-electron chi connectivity index (χ2n) is 6.68. The van der Waals surface area contributed by atoms with Gasteiger partial charge in [-0.05, 0) is 49.2 Å². The van der Waals surface area contributed by atoms with E-state index in [0.29, 0.717) is 18.1 Å². The van der Waals surface area contributed by atoms with Gasteiger partial charge in [0.1, 0.15) is 12.4 Å². The Bertz CT molecular complexity index is 895. The van der Waals surface area contributed by atoms with Crippen molar-refractivity contribution in [2.24, 2.45) is 0 Å². The molecule has 1 atom stereocenters. The molecule has 0 aliphatic carbocycles. The van der Waals surface area contributed by atoms with Crippen LogP contribution in [0.3, 0.4) is 0 Å². The summed E-state index contributed by atoms with van der Waals surface area (Å²) < 4.78 is 60.9. The maximum atomic E-state index is 13.2. The van der Waals surface area contributed by atoms with Crippen molar-refractivity contribution in [1.29, 1.82) is 0 Å². The molecule has 9 heteroatoms.